The van der Waals surface area contributed by atoms with Gasteiger partial charge in [0.1, 0.15) is 16.3 Å². The fourth-order valence-corrected chi connectivity index (χ4v) is 4.98. The largest absolute Gasteiger partial charge is 0.309 e. The summed E-state index contributed by atoms with van der Waals surface area (Å²) in [5.74, 6) is 2.25. The van der Waals surface area contributed by atoms with Crippen molar-refractivity contribution in [2.45, 2.75) is 56.0 Å². The Morgan fingerprint density at radius 3 is 3.00 bits per heavy atom. The lowest BCUT2D eigenvalue weighted by Gasteiger charge is -2.24. The standard InChI is InChI=1S/C16H19N5OS2/c1-10-19-20-16(21(10)11-5-3-2-4-6-11)24-9-13-17-12-7-8-23-14(12)15(22)18-13/h7-8,11H,2-6,9H2,1H3,(H,17,18,22). The zero-order chi connectivity index (χ0) is 16.5. The maximum absolute atomic E-state index is 12.1. The number of nitrogens with one attached hydrogen (secondary N) is 1. The lowest BCUT2D eigenvalue weighted by molar-refractivity contribution is 0.332. The Balaban J connectivity index is 1.56. The van der Waals surface area contributed by atoms with E-state index in [0.29, 0.717) is 22.3 Å². The van der Waals surface area contributed by atoms with Gasteiger partial charge in [-0.3, -0.25) is 4.79 Å². The van der Waals surface area contributed by atoms with Gasteiger partial charge in [0.2, 0.25) is 0 Å². The normalized spacial score (nSPS) is 16.0. The van der Waals surface area contributed by atoms with Crippen molar-refractivity contribution in [1.29, 1.82) is 0 Å². The summed E-state index contributed by atoms with van der Waals surface area (Å²) < 4.78 is 2.95. The number of nitrogens with zero attached hydrogens (tertiary/aromatic N) is 4. The second-order valence-electron chi connectivity index (χ2n) is 6.13. The summed E-state index contributed by atoms with van der Waals surface area (Å²) in [5, 5.41) is 11.4. The number of aromatic amines is 1. The van der Waals surface area contributed by atoms with Gasteiger partial charge >= 0.3 is 0 Å². The first-order valence-corrected chi connectivity index (χ1v) is 10.1. The predicted molar refractivity (Wildman–Crippen MR) is 96.7 cm³/mol. The SMILES string of the molecule is Cc1nnc(SCc2nc3ccsc3c(=O)[nH]2)n1C1CCCCC1. The van der Waals surface area contributed by atoms with Crippen molar-refractivity contribution in [1.82, 2.24) is 24.7 Å². The number of aromatic nitrogens is 5. The quantitative estimate of drug-likeness (QED) is 0.717. The summed E-state index contributed by atoms with van der Waals surface area (Å²) in [6.45, 7) is 2.02. The molecule has 24 heavy (non-hydrogen) atoms. The molecule has 0 spiro atoms. The fourth-order valence-electron chi connectivity index (χ4n) is 3.33. The summed E-state index contributed by atoms with van der Waals surface area (Å²) in [7, 11) is 0. The molecule has 1 saturated carbocycles. The van der Waals surface area contributed by atoms with Gasteiger partial charge in [-0.1, -0.05) is 31.0 Å². The van der Waals surface area contributed by atoms with E-state index in [-0.39, 0.29) is 5.56 Å². The van der Waals surface area contributed by atoms with Gasteiger partial charge < -0.3 is 9.55 Å². The van der Waals surface area contributed by atoms with E-state index in [0.717, 1.165) is 16.5 Å². The van der Waals surface area contributed by atoms with Crippen molar-refractivity contribution in [2.75, 3.05) is 0 Å². The van der Waals surface area contributed by atoms with Crippen LogP contribution in [-0.2, 0) is 5.75 Å². The Morgan fingerprint density at radius 1 is 1.33 bits per heavy atom. The van der Waals surface area contributed by atoms with E-state index in [2.05, 4.69) is 24.7 Å². The highest BCUT2D eigenvalue weighted by molar-refractivity contribution is 7.98. The van der Waals surface area contributed by atoms with E-state index in [1.54, 1.807) is 11.8 Å². The number of thiophene rings is 1. The highest BCUT2D eigenvalue weighted by Crippen LogP contribution is 2.33. The van der Waals surface area contributed by atoms with Crippen LogP contribution < -0.4 is 5.56 Å². The molecule has 6 nitrogen and oxygen atoms in total. The smallest absolute Gasteiger partial charge is 0.268 e. The third-order valence-corrected chi connectivity index (χ3v) is 6.33. The fraction of sp³-hybridized carbons (Fsp3) is 0.500. The van der Waals surface area contributed by atoms with Crippen LogP contribution in [-0.4, -0.2) is 24.7 Å². The number of thioether (sulfide) groups is 1. The molecule has 8 heteroatoms. The summed E-state index contributed by atoms with van der Waals surface area (Å²) >= 11 is 3.02. The van der Waals surface area contributed by atoms with E-state index < -0.39 is 0 Å². The Kier molecular flexibility index (Phi) is 4.41. The number of rotatable bonds is 4. The Morgan fingerprint density at radius 2 is 2.17 bits per heavy atom. The van der Waals surface area contributed by atoms with Crippen molar-refractivity contribution < 1.29 is 0 Å². The lowest BCUT2D eigenvalue weighted by atomic mass is 9.95. The van der Waals surface area contributed by atoms with Crippen molar-refractivity contribution in [3.05, 3.63) is 33.4 Å². The van der Waals surface area contributed by atoms with Gasteiger partial charge in [-0.15, -0.1) is 21.5 Å². The van der Waals surface area contributed by atoms with Crippen LogP contribution in [0.4, 0.5) is 0 Å². The van der Waals surface area contributed by atoms with Crippen molar-refractivity contribution >= 4 is 33.3 Å². The van der Waals surface area contributed by atoms with Crippen LogP contribution in [0.25, 0.3) is 10.2 Å². The van der Waals surface area contributed by atoms with Crippen LogP contribution in [0.3, 0.4) is 0 Å². The number of hydrogen-bond acceptors (Lipinski definition) is 6. The average Bonchev–Trinajstić information content (AvgIpc) is 3.20. The third-order valence-electron chi connectivity index (χ3n) is 4.48. The van der Waals surface area contributed by atoms with Crippen molar-refractivity contribution in [3.63, 3.8) is 0 Å². The van der Waals surface area contributed by atoms with Crippen LogP contribution in [0, 0.1) is 6.92 Å². The van der Waals surface area contributed by atoms with E-state index in [1.807, 2.05) is 18.4 Å². The van der Waals surface area contributed by atoms with Gasteiger partial charge in [-0.2, -0.15) is 0 Å². The molecule has 3 aromatic heterocycles. The predicted octanol–water partition coefficient (Wildman–Crippen LogP) is 3.68. The van der Waals surface area contributed by atoms with Crippen LogP contribution in [0.5, 0.6) is 0 Å². The van der Waals surface area contributed by atoms with E-state index in [1.165, 1.54) is 43.4 Å². The van der Waals surface area contributed by atoms with Crippen molar-refractivity contribution in [2.24, 2.45) is 0 Å². The molecule has 1 fully saturated rings. The number of hydrogen-bond donors (Lipinski definition) is 1. The Labute approximate surface area is 147 Å². The Bertz CT molecular complexity index is 907. The minimum atomic E-state index is -0.0597. The van der Waals surface area contributed by atoms with Crippen molar-refractivity contribution in [3.8, 4) is 0 Å². The van der Waals surface area contributed by atoms with Gasteiger partial charge in [0, 0.05) is 6.04 Å². The molecule has 1 aliphatic rings. The molecule has 0 unspecified atom stereocenters. The molecule has 4 rings (SSSR count). The number of aryl methyl sites for hydroxylation is 1. The summed E-state index contributed by atoms with van der Waals surface area (Å²) in [4.78, 5) is 19.5. The third kappa shape index (κ3) is 3.00. The molecule has 0 radical (unpaired) electrons. The monoisotopic (exact) mass is 361 g/mol. The highest BCUT2D eigenvalue weighted by Gasteiger charge is 2.21. The molecule has 0 saturated heterocycles. The lowest BCUT2D eigenvalue weighted by Crippen LogP contribution is -2.15. The zero-order valence-electron chi connectivity index (χ0n) is 13.5. The van der Waals surface area contributed by atoms with Gasteiger partial charge in [-0.25, -0.2) is 4.98 Å². The maximum Gasteiger partial charge on any atom is 0.268 e. The minimum Gasteiger partial charge on any atom is -0.309 e. The molecule has 0 bridgehead atoms. The molecule has 126 valence electrons. The molecule has 0 aliphatic heterocycles. The molecule has 0 aromatic carbocycles. The van der Waals surface area contributed by atoms with Crippen LogP contribution in [0.1, 0.15) is 49.8 Å². The summed E-state index contributed by atoms with van der Waals surface area (Å²) in [6.07, 6.45) is 6.27. The average molecular weight is 361 g/mol. The number of H-pyrrole nitrogens is 1. The van der Waals surface area contributed by atoms with E-state index in [4.69, 9.17) is 0 Å². The minimum absolute atomic E-state index is 0.0597. The van der Waals surface area contributed by atoms with E-state index in [9.17, 15) is 4.79 Å². The van der Waals surface area contributed by atoms with Gasteiger partial charge in [-0.05, 0) is 31.2 Å². The molecule has 1 N–H and O–H groups in total. The van der Waals surface area contributed by atoms with Gasteiger partial charge in [0.15, 0.2) is 5.16 Å². The summed E-state index contributed by atoms with van der Waals surface area (Å²) in [5.41, 5.74) is 0.708. The van der Waals surface area contributed by atoms with Gasteiger partial charge in [0.05, 0.1) is 11.3 Å². The van der Waals surface area contributed by atoms with Crippen LogP contribution >= 0.6 is 23.1 Å². The van der Waals surface area contributed by atoms with Crippen LogP contribution in [0.2, 0.25) is 0 Å². The molecule has 1 aliphatic carbocycles. The van der Waals surface area contributed by atoms with Gasteiger partial charge in [0.25, 0.3) is 5.56 Å². The van der Waals surface area contributed by atoms with E-state index >= 15 is 0 Å². The maximum atomic E-state index is 12.1. The van der Waals surface area contributed by atoms with Crippen LogP contribution in [0.15, 0.2) is 21.4 Å². The second kappa shape index (κ2) is 6.68. The first-order chi connectivity index (χ1) is 11.7. The summed E-state index contributed by atoms with van der Waals surface area (Å²) in [6, 6.07) is 2.39. The molecular weight excluding hydrogens is 342 g/mol. The molecular formula is C16H19N5OS2. The molecule has 3 aromatic rings. The second-order valence-corrected chi connectivity index (χ2v) is 7.99. The highest BCUT2D eigenvalue weighted by atomic mass is 32.2. The Hall–Kier alpha value is -1.67. The first-order valence-electron chi connectivity index (χ1n) is 8.23. The molecule has 3 heterocycles. The zero-order valence-corrected chi connectivity index (χ0v) is 15.1. The topological polar surface area (TPSA) is 76.5 Å². The molecule has 0 amide bonds. The first kappa shape index (κ1) is 15.8. The number of fused-ring (bicyclic) bond motifs is 1. The molecule has 0 atom stereocenters.